The molecule has 3 nitrogen and oxygen atoms in total. The Hall–Kier alpha value is -0.770. The van der Waals surface area contributed by atoms with Gasteiger partial charge in [-0.1, -0.05) is 0 Å². The molecule has 0 atom stereocenters. The van der Waals surface area contributed by atoms with Crippen LogP contribution < -0.4 is 0 Å². The van der Waals surface area contributed by atoms with Gasteiger partial charge in [-0.25, -0.2) is 8.42 Å². The Balaban J connectivity index is 2.68. The molecule has 0 aliphatic rings. The van der Waals surface area contributed by atoms with Crippen molar-refractivity contribution >= 4 is 10.7 Å². The topological polar surface area (TPSA) is 49.9 Å². The maximum atomic E-state index is 10.1. The zero-order chi connectivity index (χ0) is 6.69. The summed E-state index contributed by atoms with van der Waals surface area (Å²) in [5.41, 5.74) is 0.811. The third-order valence-corrected chi connectivity index (χ3v) is 1.60. The van der Waals surface area contributed by atoms with Gasteiger partial charge in [-0.3, -0.25) is 0 Å². The maximum absolute atomic E-state index is 10.1. The van der Waals surface area contributed by atoms with E-state index < -0.39 is 10.7 Å². The molecule has 9 heavy (non-hydrogen) atoms. The van der Waals surface area contributed by atoms with E-state index >= 15 is 0 Å². The van der Waals surface area contributed by atoms with Crippen LogP contribution in [0.3, 0.4) is 0 Å². The van der Waals surface area contributed by atoms with Crippen molar-refractivity contribution in [3.63, 3.8) is 0 Å². The molecule has 0 radical (unpaired) electrons. The van der Waals surface area contributed by atoms with Gasteiger partial charge in [0.15, 0.2) is 0 Å². The van der Waals surface area contributed by atoms with E-state index in [1.54, 1.807) is 18.5 Å². The van der Waals surface area contributed by atoms with Gasteiger partial charge in [-0.2, -0.15) is 0 Å². The first-order valence-electron chi connectivity index (χ1n) is 2.52. The van der Waals surface area contributed by atoms with Gasteiger partial charge in [0.1, 0.15) is 10.7 Å². The van der Waals surface area contributed by atoms with E-state index in [0.29, 0.717) is 0 Å². The molecule has 0 fully saturated rings. The third-order valence-electron chi connectivity index (χ3n) is 0.974. The Bertz CT molecular complexity index is 229. The summed E-state index contributed by atoms with van der Waals surface area (Å²) >= 11 is 0. The second kappa shape index (κ2) is 2.68. The molecule has 1 aromatic rings. The Morgan fingerprint density at radius 1 is 1.56 bits per heavy atom. The number of rotatable bonds is 2. The quantitative estimate of drug-likeness (QED) is 0.581. The number of hydrogen-bond acceptors (Lipinski definition) is 2. The van der Waals surface area contributed by atoms with Gasteiger partial charge >= 0.3 is 0 Å². The molecular weight excluding hydrogens is 138 g/mol. The zero-order valence-electron chi connectivity index (χ0n) is 4.70. The highest BCUT2D eigenvalue weighted by molar-refractivity contribution is 7.71. The van der Waals surface area contributed by atoms with Crippen LogP contribution >= 0.6 is 0 Å². The predicted molar refractivity (Wildman–Crippen MR) is 34.8 cm³/mol. The first kappa shape index (κ1) is 6.35. The molecule has 0 saturated carbocycles. The van der Waals surface area contributed by atoms with E-state index in [9.17, 15) is 8.42 Å². The average Bonchev–Trinajstić information content (AvgIpc) is 2.15. The standard InChI is InChI=1S/C5H7NO2S/c7-9(8)4-5-1-2-6-3-5/h1-3,6,9H,4H2. The van der Waals surface area contributed by atoms with Crippen molar-refractivity contribution in [2.75, 3.05) is 0 Å². The molecular formula is C5H7NO2S. The molecule has 0 aliphatic heterocycles. The van der Waals surface area contributed by atoms with Gasteiger partial charge in [0.2, 0.25) is 0 Å². The fraction of sp³-hybridized carbons (Fsp3) is 0.200. The third kappa shape index (κ3) is 1.89. The maximum Gasteiger partial charge on any atom is 0.144 e. The average molecular weight is 145 g/mol. The van der Waals surface area contributed by atoms with Crippen molar-refractivity contribution in [1.29, 1.82) is 0 Å². The number of aromatic amines is 1. The Morgan fingerprint density at radius 2 is 2.33 bits per heavy atom. The second-order valence-corrected chi connectivity index (χ2v) is 2.69. The molecule has 0 aromatic carbocycles. The van der Waals surface area contributed by atoms with Crippen LogP contribution in [0, 0.1) is 0 Å². The van der Waals surface area contributed by atoms with Crippen LogP contribution in [0.5, 0.6) is 0 Å². The lowest BCUT2D eigenvalue weighted by Crippen LogP contribution is -1.81. The summed E-state index contributed by atoms with van der Waals surface area (Å²) in [4.78, 5) is 2.77. The molecule has 0 amide bonds. The molecule has 0 saturated heterocycles. The molecule has 0 bridgehead atoms. The van der Waals surface area contributed by atoms with Crippen molar-refractivity contribution < 1.29 is 8.42 Å². The highest BCUT2D eigenvalue weighted by atomic mass is 32.2. The Kier molecular flexibility index (Phi) is 1.89. The van der Waals surface area contributed by atoms with Crippen LogP contribution in [-0.4, -0.2) is 13.4 Å². The summed E-state index contributed by atoms with van der Waals surface area (Å²) in [6.45, 7) is 0. The zero-order valence-corrected chi connectivity index (χ0v) is 5.60. The van der Waals surface area contributed by atoms with Crippen LogP contribution in [0.2, 0.25) is 0 Å². The lowest BCUT2D eigenvalue weighted by atomic mass is 10.4. The number of aromatic nitrogens is 1. The minimum absolute atomic E-state index is 0.138. The van der Waals surface area contributed by atoms with Crippen molar-refractivity contribution in [3.05, 3.63) is 24.0 Å². The van der Waals surface area contributed by atoms with Gasteiger partial charge in [-0.05, 0) is 11.6 Å². The van der Waals surface area contributed by atoms with Crippen molar-refractivity contribution in [3.8, 4) is 0 Å². The first-order valence-corrected chi connectivity index (χ1v) is 3.89. The molecule has 0 unspecified atom stereocenters. The van der Waals surface area contributed by atoms with Crippen molar-refractivity contribution in [2.45, 2.75) is 5.75 Å². The molecule has 1 aromatic heterocycles. The highest BCUT2D eigenvalue weighted by Crippen LogP contribution is 1.96. The molecule has 1 rings (SSSR count). The lowest BCUT2D eigenvalue weighted by Gasteiger charge is -1.80. The lowest BCUT2D eigenvalue weighted by molar-refractivity contribution is 0.614. The SMILES string of the molecule is O=[SH](=O)Cc1cc[nH]c1. The summed E-state index contributed by atoms with van der Waals surface area (Å²) in [5.74, 6) is 0.138. The van der Waals surface area contributed by atoms with Crippen LogP contribution in [0.1, 0.15) is 5.56 Å². The monoisotopic (exact) mass is 145 g/mol. The molecule has 4 heteroatoms. The minimum atomic E-state index is -2.27. The van der Waals surface area contributed by atoms with Gasteiger partial charge in [0.05, 0.1) is 5.75 Å². The van der Waals surface area contributed by atoms with Crippen LogP contribution in [0.4, 0.5) is 0 Å². The second-order valence-electron chi connectivity index (χ2n) is 1.71. The molecule has 0 spiro atoms. The largest absolute Gasteiger partial charge is 0.367 e. The van der Waals surface area contributed by atoms with E-state index in [4.69, 9.17) is 0 Å². The minimum Gasteiger partial charge on any atom is -0.367 e. The molecule has 0 aliphatic carbocycles. The van der Waals surface area contributed by atoms with Crippen molar-refractivity contribution in [1.82, 2.24) is 4.98 Å². The number of nitrogens with one attached hydrogen (secondary N) is 1. The fourth-order valence-corrected chi connectivity index (χ4v) is 1.10. The predicted octanol–water partition coefficient (Wildman–Crippen LogP) is 0.126. The summed E-state index contributed by atoms with van der Waals surface area (Å²) in [6.07, 6.45) is 3.37. The molecule has 50 valence electrons. The van der Waals surface area contributed by atoms with Crippen LogP contribution in [0.25, 0.3) is 0 Å². The summed E-state index contributed by atoms with van der Waals surface area (Å²) in [7, 11) is -2.27. The van der Waals surface area contributed by atoms with E-state index in [1.165, 1.54) is 0 Å². The van der Waals surface area contributed by atoms with Gasteiger partial charge in [0.25, 0.3) is 0 Å². The smallest absolute Gasteiger partial charge is 0.144 e. The number of hydrogen-bond donors (Lipinski definition) is 2. The Morgan fingerprint density at radius 3 is 2.78 bits per heavy atom. The van der Waals surface area contributed by atoms with Gasteiger partial charge in [0, 0.05) is 12.4 Å². The highest BCUT2D eigenvalue weighted by Gasteiger charge is 1.90. The van der Waals surface area contributed by atoms with Crippen molar-refractivity contribution in [2.24, 2.45) is 0 Å². The number of thiol groups is 1. The molecule has 1 N–H and O–H groups in total. The van der Waals surface area contributed by atoms with Crippen LogP contribution in [0.15, 0.2) is 18.5 Å². The van der Waals surface area contributed by atoms with E-state index in [1.807, 2.05) is 0 Å². The normalized spacial score (nSPS) is 10.3. The number of H-pyrrole nitrogens is 1. The summed E-state index contributed by atoms with van der Waals surface area (Å²) < 4.78 is 20.2. The Labute approximate surface area is 54.7 Å². The first-order chi connectivity index (χ1) is 4.29. The van der Waals surface area contributed by atoms with Gasteiger partial charge in [-0.15, -0.1) is 0 Å². The molecule has 1 heterocycles. The van der Waals surface area contributed by atoms with Crippen LogP contribution in [-0.2, 0) is 16.5 Å². The van der Waals surface area contributed by atoms with E-state index in [-0.39, 0.29) is 5.75 Å². The van der Waals surface area contributed by atoms with E-state index in [2.05, 4.69) is 4.98 Å². The fourth-order valence-electron chi connectivity index (χ4n) is 0.606. The summed E-state index contributed by atoms with van der Waals surface area (Å²) in [5, 5.41) is 0. The van der Waals surface area contributed by atoms with E-state index in [0.717, 1.165) is 5.56 Å². The van der Waals surface area contributed by atoms with Gasteiger partial charge < -0.3 is 4.98 Å². The summed E-state index contributed by atoms with van der Waals surface area (Å²) in [6, 6.07) is 1.74.